The van der Waals surface area contributed by atoms with E-state index in [1.165, 1.54) is 12.2 Å². The van der Waals surface area contributed by atoms with Gasteiger partial charge in [-0.3, -0.25) is 9.63 Å². The normalized spacial score (nSPS) is 43.1. The third kappa shape index (κ3) is 3.54. The number of fused-ring (bicyclic) bond motifs is 7. The van der Waals surface area contributed by atoms with Crippen molar-refractivity contribution in [3.05, 3.63) is 58.4 Å². The lowest BCUT2D eigenvalue weighted by molar-refractivity contribution is -0.274. The van der Waals surface area contributed by atoms with E-state index >= 15 is 8.78 Å². The molecular weight excluding hydrogens is 551 g/mol. The van der Waals surface area contributed by atoms with Crippen molar-refractivity contribution in [2.24, 2.45) is 28.6 Å². The molecule has 39 heavy (non-hydrogen) atoms. The molecule has 1 aliphatic heterocycles. The van der Waals surface area contributed by atoms with Crippen molar-refractivity contribution in [3.63, 3.8) is 0 Å². The highest BCUT2D eigenvalue weighted by atomic mass is 35.5. The molecule has 1 heterocycles. The van der Waals surface area contributed by atoms with Crippen LogP contribution in [-0.4, -0.2) is 51.9 Å². The van der Waals surface area contributed by atoms with Gasteiger partial charge in [-0.2, -0.15) is 5.06 Å². The highest BCUT2D eigenvalue weighted by Gasteiger charge is 2.80. The van der Waals surface area contributed by atoms with E-state index in [0.29, 0.717) is 24.5 Å². The fraction of sp³-hybridized carbons (Fsp3) is 0.586. The molecule has 0 unspecified atom stereocenters. The molecule has 5 aliphatic rings. The minimum absolute atomic E-state index is 0.0976. The predicted octanol–water partition coefficient (Wildman–Crippen LogP) is 5.46. The Bertz CT molecular complexity index is 1290. The molecule has 1 aromatic rings. The van der Waals surface area contributed by atoms with Crippen LogP contribution in [0.1, 0.15) is 45.1 Å². The van der Waals surface area contributed by atoms with E-state index in [0.717, 1.165) is 5.56 Å². The number of allylic oxidation sites excluding steroid dienone is 4. The molecule has 1 aromatic carbocycles. The van der Waals surface area contributed by atoms with Crippen molar-refractivity contribution in [1.29, 1.82) is 0 Å². The topological polar surface area (TPSA) is 76.1 Å². The summed E-state index contributed by atoms with van der Waals surface area (Å²) in [4.78, 5) is 32.3. The number of rotatable bonds is 4. The molecule has 0 radical (unpaired) electrons. The smallest absolute Gasteiger partial charge is 0.342 e. The second-order valence-corrected chi connectivity index (χ2v) is 12.8. The van der Waals surface area contributed by atoms with Gasteiger partial charge in [0.2, 0.25) is 0 Å². The zero-order valence-corrected chi connectivity index (χ0v) is 23.3. The van der Waals surface area contributed by atoms with Crippen molar-refractivity contribution in [3.8, 4) is 0 Å². The van der Waals surface area contributed by atoms with Gasteiger partial charge in [0.05, 0.1) is 6.10 Å². The van der Waals surface area contributed by atoms with Crippen LogP contribution in [0.2, 0.25) is 5.02 Å². The lowest BCUT2D eigenvalue weighted by atomic mass is 9.45. The van der Waals surface area contributed by atoms with E-state index in [1.807, 2.05) is 19.1 Å². The zero-order valence-electron chi connectivity index (χ0n) is 21.8. The standard InChI is InChI=1S/C29H31Cl2F2NO5/c1-26-8-7-19(35)10-22(26)23(32)11-21-20-9-17-14-34(13-16-3-5-18(31)6-4-16)39-29(17,25(37)38-15-30)27(20,2)12-24(36)28(21,26)33/h3-8,17,20-21,24,36H,9-15H2,1-2H3/t17-,20-,21-,24-,26-,27-,28-,29-/m0/s1. The largest absolute Gasteiger partial charge is 0.447 e. The maximum atomic E-state index is 17.5. The monoisotopic (exact) mass is 581 g/mol. The van der Waals surface area contributed by atoms with Crippen molar-refractivity contribution in [1.82, 2.24) is 5.06 Å². The van der Waals surface area contributed by atoms with Gasteiger partial charge >= 0.3 is 5.97 Å². The molecule has 6 rings (SSSR count). The number of hydroxylamine groups is 2. The lowest BCUT2D eigenvalue weighted by Gasteiger charge is -2.62. The van der Waals surface area contributed by atoms with Gasteiger partial charge in [-0.15, -0.1) is 0 Å². The summed E-state index contributed by atoms with van der Waals surface area (Å²) >= 11 is 11.9. The molecule has 1 N–H and O–H groups in total. The van der Waals surface area contributed by atoms with Crippen molar-refractivity contribution in [2.45, 2.75) is 63.4 Å². The van der Waals surface area contributed by atoms with E-state index < -0.39 is 57.8 Å². The van der Waals surface area contributed by atoms with E-state index in [2.05, 4.69) is 0 Å². The Labute approximate surface area is 235 Å². The summed E-state index contributed by atoms with van der Waals surface area (Å²) in [5.74, 6) is -3.28. The van der Waals surface area contributed by atoms with Crippen LogP contribution in [0.4, 0.5) is 8.78 Å². The van der Waals surface area contributed by atoms with Crippen LogP contribution in [0.3, 0.4) is 0 Å². The number of carbonyl (C=O) groups is 2. The number of aliphatic hydroxyl groups is 1. The molecule has 1 saturated heterocycles. The number of halogens is 4. The molecule has 2 saturated carbocycles. The van der Waals surface area contributed by atoms with Crippen LogP contribution in [0.5, 0.6) is 0 Å². The van der Waals surface area contributed by atoms with Crippen LogP contribution in [0.15, 0.2) is 47.8 Å². The molecule has 4 aliphatic carbocycles. The molecule has 6 nitrogen and oxygen atoms in total. The summed E-state index contributed by atoms with van der Waals surface area (Å²) < 4.78 is 38.5. The summed E-state index contributed by atoms with van der Waals surface area (Å²) in [7, 11) is 0. The molecule has 0 spiro atoms. The summed E-state index contributed by atoms with van der Waals surface area (Å²) in [6.45, 7) is 4.13. The third-order valence-corrected chi connectivity index (χ3v) is 10.8. The molecule has 3 fully saturated rings. The van der Waals surface area contributed by atoms with Gasteiger partial charge in [-0.25, -0.2) is 13.6 Å². The van der Waals surface area contributed by atoms with E-state index in [-0.39, 0.29) is 36.7 Å². The Hall–Kier alpha value is -1.84. The Balaban J connectivity index is 1.40. The van der Waals surface area contributed by atoms with Gasteiger partial charge in [0.1, 0.15) is 5.83 Å². The van der Waals surface area contributed by atoms with Crippen molar-refractivity contribution in [2.75, 3.05) is 12.6 Å². The number of carbonyl (C=O) groups excluding carboxylic acids is 2. The maximum absolute atomic E-state index is 17.5. The number of hydrogen-bond donors (Lipinski definition) is 1. The first-order valence-corrected chi connectivity index (χ1v) is 14.2. The Morgan fingerprint density at radius 1 is 1.26 bits per heavy atom. The quantitative estimate of drug-likeness (QED) is 0.376. The number of ketones is 1. The summed E-state index contributed by atoms with van der Waals surface area (Å²) in [5, 5.41) is 13.9. The second kappa shape index (κ2) is 9.08. The Morgan fingerprint density at radius 2 is 1.97 bits per heavy atom. The molecule has 0 bridgehead atoms. The molecule has 8 atom stereocenters. The second-order valence-electron chi connectivity index (χ2n) is 12.1. The highest BCUT2D eigenvalue weighted by molar-refractivity contribution is 6.30. The molecule has 0 aromatic heterocycles. The SMILES string of the molecule is C[C@]12C=CC(=O)CC1=C(F)C[C@H]1[C@@H]3C[C@H]4CN(Cc5ccc(Cl)cc5)O[C@@]4(C(=O)OCCl)[C@@]3(C)C[C@H](O)[C@@]12F. The highest BCUT2D eigenvalue weighted by Crippen LogP contribution is 2.72. The van der Waals surface area contributed by atoms with Gasteiger partial charge in [0.25, 0.3) is 0 Å². The van der Waals surface area contributed by atoms with E-state index in [4.69, 9.17) is 32.8 Å². The zero-order chi connectivity index (χ0) is 28.0. The fourth-order valence-corrected chi connectivity index (χ4v) is 8.91. The lowest BCUT2D eigenvalue weighted by Crippen LogP contribution is -2.69. The number of nitrogens with zero attached hydrogens (tertiary/aromatic N) is 1. The summed E-state index contributed by atoms with van der Waals surface area (Å²) in [6, 6.07) is 6.90. The number of alkyl halides is 2. The number of esters is 1. The minimum Gasteiger partial charge on any atom is -0.447 e. The number of ether oxygens (including phenoxy) is 1. The molecule has 210 valence electrons. The predicted molar refractivity (Wildman–Crippen MR) is 140 cm³/mol. The number of aliphatic hydroxyl groups excluding tert-OH is 1. The first-order chi connectivity index (χ1) is 18.4. The van der Waals surface area contributed by atoms with Gasteiger partial charge in [-0.1, -0.05) is 48.3 Å². The molecule has 10 heteroatoms. The minimum atomic E-state index is -2.22. The van der Waals surface area contributed by atoms with Crippen LogP contribution in [0.25, 0.3) is 0 Å². The van der Waals surface area contributed by atoms with Crippen molar-refractivity contribution < 1.29 is 33.1 Å². The average molecular weight is 582 g/mol. The Kier molecular flexibility index (Phi) is 6.37. The van der Waals surface area contributed by atoms with Crippen LogP contribution < -0.4 is 0 Å². The van der Waals surface area contributed by atoms with Gasteiger partial charge in [0, 0.05) is 53.6 Å². The number of benzene rings is 1. The average Bonchev–Trinajstić information content (AvgIpc) is 3.36. The number of hydrogen-bond acceptors (Lipinski definition) is 6. The first-order valence-electron chi connectivity index (χ1n) is 13.3. The van der Waals surface area contributed by atoms with E-state index in [9.17, 15) is 14.7 Å². The first kappa shape index (κ1) is 27.3. The molecule has 0 amide bonds. The van der Waals surface area contributed by atoms with Crippen LogP contribution in [-0.2, 0) is 25.7 Å². The van der Waals surface area contributed by atoms with Crippen LogP contribution >= 0.6 is 23.2 Å². The van der Waals surface area contributed by atoms with Gasteiger partial charge < -0.3 is 9.84 Å². The third-order valence-electron chi connectivity index (χ3n) is 10.5. The molecular formula is C29H31Cl2F2NO5. The maximum Gasteiger partial charge on any atom is 0.342 e. The summed E-state index contributed by atoms with van der Waals surface area (Å²) in [5.41, 5.74) is -5.27. The Morgan fingerprint density at radius 3 is 2.67 bits per heavy atom. The van der Waals surface area contributed by atoms with Crippen molar-refractivity contribution >= 4 is 35.0 Å². The van der Waals surface area contributed by atoms with Gasteiger partial charge in [0.15, 0.2) is 23.1 Å². The fourth-order valence-electron chi connectivity index (χ4n) is 8.68. The van der Waals surface area contributed by atoms with Crippen LogP contribution in [0, 0.1) is 28.6 Å². The van der Waals surface area contributed by atoms with E-state index in [1.54, 1.807) is 24.1 Å². The van der Waals surface area contributed by atoms with Gasteiger partial charge in [-0.05, 0) is 55.0 Å². The summed E-state index contributed by atoms with van der Waals surface area (Å²) in [6.07, 6.45) is 1.01.